The van der Waals surface area contributed by atoms with Crippen molar-refractivity contribution in [1.29, 1.82) is 0 Å². The number of aryl methyl sites for hydroxylation is 2. The van der Waals surface area contributed by atoms with Crippen LogP contribution in [-0.4, -0.2) is 14.6 Å². The average molecular weight is 226 g/mol. The van der Waals surface area contributed by atoms with Crippen molar-refractivity contribution < 1.29 is 0 Å². The first-order valence-corrected chi connectivity index (χ1v) is 4.46. The van der Waals surface area contributed by atoms with E-state index in [1.54, 1.807) is 0 Å². The van der Waals surface area contributed by atoms with Gasteiger partial charge in [-0.1, -0.05) is 0 Å². The molecular weight excluding hydrogens is 218 g/mol. The molecule has 0 fully saturated rings. The van der Waals surface area contributed by atoms with Crippen molar-refractivity contribution in [3.8, 4) is 0 Å². The quantitative estimate of drug-likeness (QED) is 0.688. The van der Waals surface area contributed by atoms with Gasteiger partial charge in [-0.2, -0.15) is 0 Å². The highest BCUT2D eigenvalue weighted by Crippen LogP contribution is 2.20. The molecule has 0 unspecified atom stereocenters. The van der Waals surface area contributed by atoms with E-state index in [9.17, 15) is 0 Å². The van der Waals surface area contributed by atoms with E-state index in [2.05, 4.69) is 26.1 Å². The smallest absolute Gasteiger partial charge is 0.175 e. The van der Waals surface area contributed by atoms with E-state index in [4.69, 9.17) is 0 Å². The largest absolute Gasteiger partial charge is 0.286 e. The molecule has 3 nitrogen and oxygen atoms in total. The second-order valence-electron chi connectivity index (χ2n) is 2.75. The SMILES string of the molecule is Cc1ccn2c(C)nnc2c1Br. The fourth-order valence-electron chi connectivity index (χ4n) is 1.13. The summed E-state index contributed by atoms with van der Waals surface area (Å²) in [6, 6.07) is 2.04. The van der Waals surface area contributed by atoms with Crippen LogP contribution in [0.4, 0.5) is 0 Å². The number of aromatic nitrogens is 3. The fraction of sp³-hybridized carbons (Fsp3) is 0.250. The molecule has 62 valence electrons. The van der Waals surface area contributed by atoms with Gasteiger partial charge in [-0.05, 0) is 41.4 Å². The Balaban J connectivity index is 2.93. The Morgan fingerprint density at radius 2 is 2.08 bits per heavy atom. The normalized spacial score (nSPS) is 10.9. The molecule has 12 heavy (non-hydrogen) atoms. The van der Waals surface area contributed by atoms with Gasteiger partial charge in [-0.15, -0.1) is 10.2 Å². The lowest BCUT2D eigenvalue weighted by molar-refractivity contribution is 1.01. The third-order valence-electron chi connectivity index (χ3n) is 1.88. The van der Waals surface area contributed by atoms with E-state index < -0.39 is 0 Å². The fourth-order valence-corrected chi connectivity index (χ4v) is 1.54. The van der Waals surface area contributed by atoms with Crippen molar-refractivity contribution in [2.45, 2.75) is 13.8 Å². The number of hydrogen-bond donors (Lipinski definition) is 0. The molecule has 0 amide bonds. The van der Waals surface area contributed by atoms with E-state index in [-0.39, 0.29) is 0 Å². The summed E-state index contributed by atoms with van der Waals surface area (Å²) in [5.41, 5.74) is 2.06. The summed E-state index contributed by atoms with van der Waals surface area (Å²) in [5.74, 6) is 0.908. The maximum Gasteiger partial charge on any atom is 0.175 e. The maximum atomic E-state index is 4.04. The van der Waals surface area contributed by atoms with Crippen LogP contribution in [0.15, 0.2) is 16.7 Å². The van der Waals surface area contributed by atoms with Gasteiger partial charge in [0, 0.05) is 6.20 Å². The molecule has 2 aromatic heterocycles. The molecule has 0 aliphatic rings. The molecule has 2 heterocycles. The standard InChI is InChI=1S/C8H8BrN3/c1-5-3-4-12-6(2)10-11-8(12)7(5)9/h3-4H,1-2H3. The molecule has 2 rings (SSSR count). The molecule has 0 saturated heterocycles. The van der Waals surface area contributed by atoms with E-state index in [1.165, 1.54) is 5.56 Å². The molecule has 0 saturated carbocycles. The van der Waals surface area contributed by atoms with E-state index in [0.29, 0.717) is 0 Å². The Hall–Kier alpha value is -0.900. The minimum atomic E-state index is 0.882. The van der Waals surface area contributed by atoms with Gasteiger partial charge in [-0.3, -0.25) is 4.40 Å². The Kier molecular flexibility index (Phi) is 1.65. The molecule has 4 heteroatoms. The first-order valence-electron chi connectivity index (χ1n) is 3.66. The molecule has 0 bridgehead atoms. The molecule has 0 spiro atoms. The predicted molar refractivity (Wildman–Crippen MR) is 50.2 cm³/mol. The molecule has 0 atom stereocenters. The Morgan fingerprint density at radius 1 is 1.33 bits per heavy atom. The second kappa shape index (κ2) is 2.55. The Bertz CT molecular complexity index is 433. The summed E-state index contributed by atoms with van der Waals surface area (Å²) in [5, 5.41) is 8.03. The zero-order valence-corrected chi connectivity index (χ0v) is 8.46. The molecule has 0 aliphatic heterocycles. The topological polar surface area (TPSA) is 30.2 Å². The monoisotopic (exact) mass is 225 g/mol. The summed E-state index contributed by atoms with van der Waals surface area (Å²) < 4.78 is 2.97. The number of rotatable bonds is 0. The van der Waals surface area contributed by atoms with Crippen LogP contribution in [0, 0.1) is 13.8 Å². The van der Waals surface area contributed by atoms with Crippen LogP contribution in [0.25, 0.3) is 5.65 Å². The zero-order valence-electron chi connectivity index (χ0n) is 6.87. The highest BCUT2D eigenvalue weighted by atomic mass is 79.9. The summed E-state index contributed by atoms with van der Waals surface area (Å²) in [7, 11) is 0. The van der Waals surface area contributed by atoms with Gasteiger partial charge in [0.25, 0.3) is 0 Å². The van der Waals surface area contributed by atoms with Gasteiger partial charge in [0.2, 0.25) is 0 Å². The van der Waals surface area contributed by atoms with Crippen molar-refractivity contribution in [3.63, 3.8) is 0 Å². The van der Waals surface area contributed by atoms with Crippen LogP contribution < -0.4 is 0 Å². The first-order chi connectivity index (χ1) is 5.70. The lowest BCUT2D eigenvalue weighted by Crippen LogP contribution is -1.89. The van der Waals surface area contributed by atoms with Crippen LogP contribution >= 0.6 is 15.9 Å². The maximum absolute atomic E-state index is 4.04. The highest BCUT2D eigenvalue weighted by Gasteiger charge is 2.05. The second-order valence-corrected chi connectivity index (χ2v) is 3.55. The van der Waals surface area contributed by atoms with E-state index >= 15 is 0 Å². The van der Waals surface area contributed by atoms with Gasteiger partial charge < -0.3 is 0 Å². The number of hydrogen-bond acceptors (Lipinski definition) is 2. The van der Waals surface area contributed by atoms with Crippen molar-refractivity contribution in [2.24, 2.45) is 0 Å². The van der Waals surface area contributed by atoms with Gasteiger partial charge in [-0.25, -0.2) is 0 Å². The number of nitrogens with zero attached hydrogens (tertiary/aromatic N) is 3. The molecule has 0 N–H and O–H groups in total. The Morgan fingerprint density at radius 3 is 2.83 bits per heavy atom. The third kappa shape index (κ3) is 0.948. The lowest BCUT2D eigenvalue weighted by Gasteiger charge is -1.99. The molecule has 2 aromatic rings. The van der Waals surface area contributed by atoms with E-state index in [0.717, 1.165) is 15.9 Å². The minimum absolute atomic E-state index is 0.882. The van der Waals surface area contributed by atoms with Crippen molar-refractivity contribution in [1.82, 2.24) is 14.6 Å². The summed E-state index contributed by atoms with van der Waals surface area (Å²) in [6.45, 7) is 3.97. The van der Waals surface area contributed by atoms with Crippen molar-refractivity contribution >= 4 is 21.6 Å². The van der Waals surface area contributed by atoms with Crippen molar-refractivity contribution in [2.75, 3.05) is 0 Å². The van der Waals surface area contributed by atoms with Crippen LogP contribution in [0.1, 0.15) is 11.4 Å². The lowest BCUT2D eigenvalue weighted by atomic mass is 10.3. The summed E-state index contributed by atoms with van der Waals surface area (Å²) >= 11 is 3.47. The minimum Gasteiger partial charge on any atom is -0.286 e. The molecule has 0 aromatic carbocycles. The van der Waals surface area contributed by atoms with E-state index in [1.807, 2.05) is 30.5 Å². The number of halogens is 1. The van der Waals surface area contributed by atoms with Gasteiger partial charge >= 0.3 is 0 Å². The molecule has 0 radical (unpaired) electrons. The number of pyridine rings is 1. The predicted octanol–water partition coefficient (Wildman–Crippen LogP) is 2.11. The van der Waals surface area contributed by atoms with Gasteiger partial charge in [0.15, 0.2) is 5.65 Å². The molecular formula is C8H8BrN3. The Labute approximate surface area is 78.6 Å². The highest BCUT2D eigenvalue weighted by molar-refractivity contribution is 9.10. The third-order valence-corrected chi connectivity index (χ3v) is 2.86. The average Bonchev–Trinajstić information content (AvgIpc) is 2.41. The van der Waals surface area contributed by atoms with Crippen LogP contribution in [0.2, 0.25) is 0 Å². The number of fused-ring (bicyclic) bond motifs is 1. The van der Waals surface area contributed by atoms with Crippen molar-refractivity contribution in [3.05, 3.63) is 28.1 Å². The summed E-state index contributed by atoms with van der Waals surface area (Å²) in [4.78, 5) is 0. The summed E-state index contributed by atoms with van der Waals surface area (Å²) in [6.07, 6.45) is 1.98. The van der Waals surface area contributed by atoms with Gasteiger partial charge in [0.05, 0.1) is 4.47 Å². The first kappa shape index (κ1) is 7.73. The van der Waals surface area contributed by atoms with Crippen LogP contribution in [0.5, 0.6) is 0 Å². The van der Waals surface area contributed by atoms with Crippen LogP contribution in [0.3, 0.4) is 0 Å². The van der Waals surface area contributed by atoms with Gasteiger partial charge in [0.1, 0.15) is 5.82 Å². The molecule has 0 aliphatic carbocycles. The zero-order chi connectivity index (χ0) is 8.72. The van der Waals surface area contributed by atoms with Crippen LogP contribution in [-0.2, 0) is 0 Å².